The first kappa shape index (κ1) is 17.7. The van der Waals surface area contributed by atoms with Gasteiger partial charge in [0.2, 0.25) is 0 Å². The number of carboxylic acids is 1. The van der Waals surface area contributed by atoms with Crippen LogP contribution in [0.5, 0.6) is 0 Å². The third-order valence-corrected chi connectivity index (χ3v) is 7.41. The molecule has 26 heavy (non-hydrogen) atoms. The Kier molecular flexibility index (Phi) is 4.44. The van der Waals surface area contributed by atoms with Gasteiger partial charge in [0, 0.05) is 15.8 Å². The molecular formula is C22H27NO2S. The summed E-state index contributed by atoms with van der Waals surface area (Å²) in [5.74, 6) is -0.770. The molecule has 3 nitrogen and oxygen atoms in total. The smallest absolute Gasteiger partial charge is 0.337 e. The Hall–Kier alpha value is -1.65. The van der Waals surface area contributed by atoms with Crippen molar-refractivity contribution in [1.82, 2.24) is 5.32 Å². The summed E-state index contributed by atoms with van der Waals surface area (Å²) in [6.07, 6.45) is 6.34. The number of fused-ring (bicyclic) bond motifs is 2. The van der Waals surface area contributed by atoms with E-state index in [1.807, 2.05) is 7.05 Å². The summed E-state index contributed by atoms with van der Waals surface area (Å²) in [5, 5.41) is 13.5. The molecule has 0 unspecified atom stereocenters. The Balaban J connectivity index is 1.90. The van der Waals surface area contributed by atoms with Gasteiger partial charge in [-0.3, -0.25) is 0 Å². The number of benzene rings is 1. The van der Waals surface area contributed by atoms with Crippen molar-refractivity contribution in [2.24, 2.45) is 5.41 Å². The summed E-state index contributed by atoms with van der Waals surface area (Å²) in [6.45, 7) is 4.50. The van der Waals surface area contributed by atoms with Crippen LogP contribution in [0.4, 0.5) is 0 Å². The van der Waals surface area contributed by atoms with Crippen LogP contribution in [0.1, 0.15) is 71.1 Å². The van der Waals surface area contributed by atoms with Gasteiger partial charge in [-0.1, -0.05) is 32.0 Å². The molecule has 0 fully saturated rings. The SMILES string of the molecule is CN[C@@H]1CCCc2c(-c3sc4c(c3C(=O)O)CC(C)(C)CC4)cccc21. The van der Waals surface area contributed by atoms with Crippen LogP contribution in [0.25, 0.3) is 10.4 Å². The molecule has 0 aliphatic heterocycles. The molecule has 2 N–H and O–H groups in total. The number of hydrogen-bond donors (Lipinski definition) is 2. The quantitative estimate of drug-likeness (QED) is 0.779. The first-order valence-corrected chi connectivity index (χ1v) is 10.4. The van der Waals surface area contributed by atoms with Gasteiger partial charge in [0.25, 0.3) is 0 Å². The van der Waals surface area contributed by atoms with Gasteiger partial charge in [0.05, 0.1) is 5.56 Å². The van der Waals surface area contributed by atoms with Crippen molar-refractivity contribution in [3.8, 4) is 10.4 Å². The maximum atomic E-state index is 12.2. The zero-order chi connectivity index (χ0) is 18.5. The minimum Gasteiger partial charge on any atom is -0.478 e. The van der Waals surface area contributed by atoms with Crippen LogP contribution >= 0.6 is 11.3 Å². The molecule has 0 saturated heterocycles. The fraction of sp³-hybridized carbons (Fsp3) is 0.500. The van der Waals surface area contributed by atoms with E-state index in [2.05, 4.69) is 37.4 Å². The van der Waals surface area contributed by atoms with E-state index in [0.29, 0.717) is 11.6 Å². The molecule has 1 atom stereocenters. The highest BCUT2D eigenvalue weighted by Gasteiger charge is 2.34. The van der Waals surface area contributed by atoms with Crippen molar-refractivity contribution in [2.75, 3.05) is 7.05 Å². The summed E-state index contributed by atoms with van der Waals surface area (Å²) < 4.78 is 0. The summed E-state index contributed by atoms with van der Waals surface area (Å²) in [6, 6.07) is 6.81. The molecular weight excluding hydrogens is 342 g/mol. The van der Waals surface area contributed by atoms with Gasteiger partial charge >= 0.3 is 5.97 Å². The number of aromatic carboxylic acids is 1. The molecule has 0 radical (unpaired) electrons. The number of rotatable bonds is 3. The second-order valence-corrected chi connectivity index (χ2v) is 9.57. The summed E-state index contributed by atoms with van der Waals surface area (Å²) in [5.41, 5.74) is 5.68. The van der Waals surface area contributed by atoms with Crippen LogP contribution in [-0.4, -0.2) is 18.1 Å². The molecule has 1 heterocycles. The van der Waals surface area contributed by atoms with Crippen molar-refractivity contribution < 1.29 is 9.90 Å². The zero-order valence-electron chi connectivity index (χ0n) is 15.8. The first-order chi connectivity index (χ1) is 12.4. The number of aryl methyl sites for hydroxylation is 1. The Morgan fingerprint density at radius 1 is 1.27 bits per heavy atom. The number of hydrogen-bond acceptors (Lipinski definition) is 3. The molecule has 4 rings (SSSR count). The minimum absolute atomic E-state index is 0.183. The van der Waals surface area contributed by atoms with Crippen molar-refractivity contribution in [3.05, 3.63) is 45.3 Å². The maximum Gasteiger partial charge on any atom is 0.337 e. The molecule has 2 aliphatic rings. The van der Waals surface area contributed by atoms with Crippen LogP contribution in [0.3, 0.4) is 0 Å². The Morgan fingerprint density at radius 2 is 2.08 bits per heavy atom. The van der Waals surface area contributed by atoms with Gasteiger partial charge in [0.1, 0.15) is 0 Å². The highest BCUT2D eigenvalue weighted by molar-refractivity contribution is 7.16. The predicted octanol–water partition coefficient (Wildman–Crippen LogP) is 5.23. The topological polar surface area (TPSA) is 49.3 Å². The molecule has 4 heteroatoms. The molecule has 138 valence electrons. The van der Waals surface area contributed by atoms with E-state index in [1.165, 1.54) is 16.0 Å². The van der Waals surface area contributed by atoms with Crippen LogP contribution in [0, 0.1) is 5.41 Å². The van der Waals surface area contributed by atoms with E-state index >= 15 is 0 Å². The Labute approximate surface area is 159 Å². The van der Waals surface area contributed by atoms with E-state index < -0.39 is 5.97 Å². The van der Waals surface area contributed by atoms with Gasteiger partial charge in [-0.15, -0.1) is 11.3 Å². The molecule has 0 amide bonds. The lowest BCUT2D eigenvalue weighted by Crippen LogP contribution is -2.22. The molecule has 1 aromatic heterocycles. The second kappa shape index (κ2) is 6.50. The van der Waals surface area contributed by atoms with Gasteiger partial charge in [-0.05, 0) is 73.2 Å². The highest BCUT2D eigenvalue weighted by atomic mass is 32.1. The number of carboxylic acid groups (broad SMARTS) is 1. The van der Waals surface area contributed by atoms with Crippen molar-refractivity contribution in [2.45, 2.75) is 58.4 Å². The average Bonchev–Trinajstić information content (AvgIpc) is 2.97. The van der Waals surface area contributed by atoms with Crippen molar-refractivity contribution in [3.63, 3.8) is 0 Å². The minimum atomic E-state index is -0.770. The van der Waals surface area contributed by atoms with Crippen molar-refractivity contribution in [1.29, 1.82) is 0 Å². The number of thiophene rings is 1. The van der Waals surface area contributed by atoms with E-state index in [0.717, 1.165) is 54.5 Å². The third-order valence-electron chi connectivity index (χ3n) is 6.09. The average molecular weight is 370 g/mol. The lowest BCUT2D eigenvalue weighted by Gasteiger charge is -2.29. The van der Waals surface area contributed by atoms with Crippen LogP contribution < -0.4 is 5.32 Å². The van der Waals surface area contributed by atoms with Crippen molar-refractivity contribution >= 4 is 17.3 Å². The van der Waals surface area contributed by atoms with E-state index in [-0.39, 0.29) is 5.41 Å². The second-order valence-electron chi connectivity index (χ2n) is 8.46. The summed E-state index contributed by atoms with van der Waals surface area (Å²) in [4.78, 5) is 14.5. The fourth-order valence-electron chi connectivity index (χ4n) is 4.70. The molecule has 2 aliphatic carbocycles. The van der Waals surface area contributed by atoms with Crippen LogP contribution in [0.15, 0.2) is 18.2 Å². The lowest BCUT2D eigenvalue weighted by molar-refractivity contribution is 0.0696. The van der Waals surface area contributed by atoms with E-state index in [1.54, 1.807) is 11.3 Å². The molecule has 0 bridgehead atoms. The molecule has 0 spiro atoms. The van der Waals surface area contributed by atoms with E-state index in [9.17, 15) is 9.90 Å². The van der Waals surface area contributed by atoms with Gasteiger partial charge < -0.3 is 10.4 Å². The predicted molar refractivity (Wildman–Crippen MR) is 107 cm³/mol. The fourth-order valence-corrected chi connectivity index (χ4v) is 6.06. The molecule has 2 aromatic rings. The zero-order valence-corrected chi connectivity index (χ0v) is 16.6. The monoisotopic (exact) mass is 369 g/mol. The first-order valence-electron chi connectivity index (χ1n) is 9.58. The highest BCUT2D eigenvalue weighted by Crippen LogP contribution is 2.47. The standard InChI is InChI=1S/C22H27NO2S/c1-22(2)11-10-18-16(12-22)19(21(24)25)20(26-18)15-8-4-7-14-13(15)6-5-9-17(14)23-3/h4,7-8,17,23H,5-6,9-12H2,1-3H3,(H,24,25)/t17-/m1/s1. The molecule has 0 saturated carbocycles. The van der Waals surface area contributed by atoms with Crippen LogP contribution in [0.2, 0.25) is 0 Å². The maximum absolute atomic E-state index is 12.2. The van der Waals surface area contributed by atoms with Gasteiger partial charge in [-0.25, -0.2) is 4.79 Å². The largest absolute Gasteiger partial charge is 0.478 e. The van der Waals surface area contributed by atoms with Crippen LogP contribution in [-0.2, 0) is 19.3 Å². The number of nitrogens with one attached hydrogen (secondary N) is 1. The normalized spacial score (nSPS) is 21.1. The summed E-state index contributed by atoms with van der Waals surface area (Å²) >= 11 is 1.72. The van der Waals surface area contributed by atoms with Gasteiger partial charge in [0.15, 0.2) is 0 Å². The Bertz CT molecular complexity index is 865. The Morgan fingerprint density at radius 3 is 2.81 bits per heavy atom. The summed E-state index contributed by atoms with van der Waals surface area (Å²) in [7, 11) is 2.01. The third kappa shape index (κ3) is 2.89. The molecule has 1 aromatic carbocycles. The lowest BCUT2D eigenvalue weighted by atomic mass is 9.75. The van der Waals surface area contributed by atoms with E-state index in [4.69, 9.17) is 0 Å². The number of carbonyl (C=O) groups is 1. The van der Waals surface area contributed by atoms with Gasteiger partial charge in [-0.2, -0.15) is 0 Å².